The van der Waals surface area contributed by atoms with Crippen molar-refractivity contribution in [3.63, 3.8) is 0 Å². The quantitative estimate of drug-likeness (QED) is 0.300. The Kier molecular flexibility index (Phi) is 5.52. The van der Waals surface area contributed by atoms with E-state index in [1.807, 2.05) is 0 Å². The lowest BCUT2D eigenvalue weighted by Crippen LogP contribution is -2.16. The molecule has 0 aromatic rings. The van der Waals surface area contributed by atoms with Crippen LogP contribution < -0.4 is 0 Å². The maximum absolute atomic E-state index is 11.5. The summed E-state index contributed by atoms with van der Waals surface area (Å²) in [5.74, 6) is 0.956. The molecule has 2 rings (SSSR count). The van der Waals surface area contributed by atoms with Crippen molar-refractivity contribution < 1.29 is 16.8 Å². The van der Waals surface area contributed by atoms with Crippen LogP contribution in [0.3, 0.4) is 0 Å². The Morgan fingerprint density at radius 3 is 1.28 bits per heavy atom. The molecule has 0 spiro atoms. The van der Waals surface area contributed by atoms with Gasteiger partial charge in [-0.1, -0.05) is 66.8 Å². The molecule has 2 saturated heterocycles. The Balaban J connectivity index is 1.90. The number of hydrogen-bond acceptors (Lipinski definition) is 6. The highest BCUT2D eigenvalue weighted by molar-refractivity contribution is 14.1. The second-order valence-corrected chi connectivity index (χ2v) is 14.7. The molecule has 106 valence electrons. The predicted molar refractivity (Wildman–Crippen MR) is 95.7 cm³/mol. The lowest BCUT2D eigenvalue weighted by molar-refractivity contribution is 0.600. The summed E-state index contributed by atoms with van der Waals surface area (Å²) >= 11 is 4.37. The van der Waals surface area contributed by atoms with Crippen molar-refractivity contribution in [2.75, 3.05) is 23.0 Å². The molecule has 4 atom stereocenters. The van der Waals surface area contributed by atoms with Gasteiger partial charge in [0.2, 0.25) is 0 Å². The van der Waals surface area contributed by atoms with E-state index in [0.29, 0.717) is 0 Å². The summed E-state index contributed by atoms with van der Waals surface area (Å²) in [5.41, 5.74) is 0. The Morgan fingerprint density at radius 1 is 0.722 bits per heavy atom. The topological polar surface area (TPSA) is 68.3 Å². The Morgan fingerprint density at radius 2 is 1.06 bits per heavy atom. The smallest absolute Gasteiger partial charge is 0.152 e. The van der Waals surface area contributed by atoms with Crippen LogP contribution in [0.15, 0.2) is 0 Å². The van der Waals surface area contributed by atoms with Gasteiger partial charge in [-0.25, -0.2) is 16.8 Å². The Labute approximate surface area is 143 Å². The van der Waals surface area contributed by atoms with Crippen molar-refractivity contribution >= 4 is 86.4 Å². The van der Waals surface area contributed by atoms with Crippen LogP contribution in [-0.2, 0) is 19.7 Å². The normalized spacial score (nSPS) is 42.1. The molecule has 18 heavy (non-hydrogen) atoms. The maximum atomic E-state index is 11.5. The van der Waals surface area contributed by atoms with Gasteiger partial charge in [0.05, 0.1) is 23.0 Å². The molecule has 4 unspecified atom stereocenters. The number of sulfone groups is 2. The van der Waals surface area contributed by atoms with E-state index in [2.05, 4.69) is 45.2 Å². The highest BCUT2D eigenvalue weighted by atomic mass is 127. The van der Waals surface area contributed by atoms with Gasteiger partial charge in [0.15, 0.2) is 19.7 Å². The summed E-state index contributed by atoms with van der Waals surface area (Å²) < 4.78 is 46.2. The lowest BCUT2D eigenvalue weighted by atomic mass is 10.4. The van der Waals surface area contributed by atoms with Crippen LogP contribution in [-0.4, -0.2) is 58.2 Å². The Bertz CT molecular complexity index is 469. The van der Waals surface area contributed by atoms with Gasteiger partial charge in [-0.05, 0) is 0 Å². The first-order valence-corrected chi connectivity index (χ1v) is 13.6. The van der Waals surface area contributed by atoms with Gasteiger partial charge >= 0.3 is 0 Å². The molecule has 0 aliphatic carbocycles. The maximum Gasteiger partial charge on any atom is 0.152 e. The van der Waals surface area contributed by atoms with E-state index >= 15 is 0 Å². The van der Waals surface area contributed by atoms with Gasteiger partial charge in [-0.15, -0.1) is 0 Å². The van der Waals surface area contributed by atoms with Crippen LogP contribution in [0.4, 0.5) is 0 Å². The van der Waals surface area contributed by atoms with Gasteiger partial charge in [0.1, 0.15) is 0 Å². The largest absolute Gasteiger partial charge is 0.229 e. The van der Waals surface area contributed by atoms with Gasteiger partial charge in [0.25, 0.3) is 0 Å². The van der Waals surface area contributed by atoms with E-state index in [9.17, 15) is 16.8 Å². The number of rotatable bonds is 3. The molecule has 0 aromatic carbocycles. The average Bonchev–Trinajstić information content (AvgIpc) is 2.59. The van der Waals surface area contributed by atoms with Crippen LogP contribution in [0.5, 0.6) is 0 Å². The number of halogens is 2. The summed E-state index contributed by atoms with van der Waals surface area (Å²) in [6, 6.07) is 0. The highest BCUT2D eigenvalue weighted by Crippen LogP contribution is 2.43. The van der Waals surface area contributed by atoms with Crippen LogP contribution >= 0.6 is 66.8 Å². The number of hydrogen-bond donors (Lipinski definition) is 0. The third-order valence-corrected chi connectivity index (χ3v) is 14.9. The van der Waals surface area contributed by atoms with Crippen LogP contribution in [0.2, 0.25) is 0 Å². The highest BCUT2D eigenvalue weighted by Gasteiger charge is 2.40. The molecule has 2 heterocycles. The molecule has 2 aliphatic rings. The first-order chi connectivity index (χ1) is 8.19. The standard InChI is InChI=1S/C8H12I2O4S4/c9-5-1-17(11,12)3-7(5)15-16-8-4-18(13,14)2-6(8)10/h5-8H,1-4H2. The van der Waals surface area contributed by atoms with E-state index in [1.54, 1.807) is 21.6 Å². The van der Waals surface area contributed by atoms with Crippen LogP contribution in [0, 0.1) is 0 Å². The molecular formula is C8H12I2O4S4. The molecule has 0 radical (unpaired) electrons. The molecule has 0 aromatic heterocycles. The van der Waals surface area contributed by atoms with Crippen molar-refractivity contribution in [3.8, 4) is 0 Å². The fourth-order valence-electron chi connectivity index (χ4n) is 1.86. The predicted octanol–water partition coefficient (Wildman–Crippen LogP) is 1.57. The monoisotopic (exact) mass is 554 g/mol. The molecule has 4 nitrogen and oxygen atoms in total. The van der Waals surface area contributed by atoms with E-state index < -0.39 is 19.7 Å². The summed E-state index contributed by atoms with van der Waals surface area (Å²) in [7, 11) is -2.66. The third-order valence-electron chi connectivity index (χ3n) is 2.77. The first-order valence-electron chi connectivity index (χ1n) is 5.20. The zero-order valence-electron chi connectivity index (χ0n) is 9.16. The third kappa shape index (κ3) is 4.28. The van der Waals surface area contributed by atoms with Crippen LogP contribution in [0.1, 0.15) is 0 Å². The summed E-state index contributed by atoms with van der Waals surface area (Å²) in [4.78, 5) is 0. The van der Waals surface area contributed by atoms with Gasteiger partial charge in [-0.2, -0.15) is 0 Å². The molecule has 0 saturated carbocycles. The summed E-state index contributed by atoms with van der Waals surface area (Å²) in [5, 5.41) is 0.181. The summed E-state index contributed by atoms with van der Waals surface area (Å²) in [6.45, 7) is 0. The molecule has 0 amide bonds. The first kappa shape index (κ1) is 16.4. The summed E-state index contributed by atoms with van der Waals surface area (Å²) in [6.07, 6.45) is 0. The lowest BCUT2D eigenvalue weighted by Gasteiger charge is -2.15. The van der Waals surface area contributed by atoms with Crippen molar-refractivity contribution in [2.45, 2.75) is 18.3 Å². The Hall–Kier alpha value is 2.06. The molecule has 2 fully saturated rings. The average molecular weight is 554 g/mol. The van der Waals surface area contributed by atoms with E-state index in [-0.39, 0.29) is 41.4 Å². The van der Waals surface area contributed by atoms with E-state index in [0.717, 1.165) is 0 Å². The van der Waals surface area contributed by atoms with Gasteiger partial charge in [-0.3, -0.25) is 0 Å². The minimum Gasteiger partial charge on any atom is -0.229 e. The zero-order valence-corrected chi connectivity index (χ0v) is 16.7. The van der Waals surface area contributed by atoms with Crippen LogP contribution in [0.25, 0.3) is 0 Å². The van der Waals surface area contributed by atoms with Crippen molar-refractivity contribution in [3.05, 3.63) is 0 Å². The van der Waals surface area contributed by atoms with E-state index in [1.165, 1.54) is 0 Å². The number of alkyl halides is 2. The van der Waals surface area contributed by atoms with Gasteiger partial charge < -0.3 is 0 Å². The van der Waals surface area contributed by atoms with E-state index in [4.69, 9.17) is 0 Å². The second kappa shape index (κ2) is 6.05. The minimum absolute atomic E-state index is 0.0903. The fraction of sp³-hybridized carbons (Fsp3) is 1.00. The molecular weight excluding hydrogens is 542 g/mol. The molecule has 0 N–H and O–H groups in total. The second-order valence-electron chi connectivity index (χ2n) is 4.46. The molecule has 0 bridgehead atoms. The van der Waals surface area contributed by atoms with Gasteiger partial charge in [0, 0.05) is 18.3 Å². The van der Waals surface area contributed by atoms with Crippen molar-refractivity contribution in [1.82, 2.24) is 0 Å². The zero-order chi connectivity index (χ0) is 13.6. The van der Waals surface area contributed by atoms with Crippen molar-refractivity contribution in [1.29, 1.82) is 0 Å². The molecule has 2 aliphatic heterocycles. The minimum atomic E-state index is -2.89. The SMILES string of the molecule is O=S1(=O)CC(I)C(SSC2CS(=O)(=O)CC2I)C1. The molecule has 10 heteroatoms. The van der Waals surface area contributed by atoms with Crippen molar-refractivity contribution in [2.24, 2.45) is 0 Å². The fourth-order valence-corrected chi connectivity index (χ4v) is 16.9.